The van der Waals surface area contributed by atoms with Gasteiger partial charge in [0.05, 0.1) is 11.8 Å². The van der Waals surface area contributed by atoms with E-state index in [4.69, 9.17) is 0 Å². The minimum absolute atomic E-state index is 0.0439. The Labute approximate surface area is 112 Å². The summed E-state index contributed by atoms with van der Waals surface area (Å²) in [5, 5.41) is 0. The number of rotatable bonds is 4. The van der Waals surface area contributed by atoms with Gasteiger partial charge in [-0.05, 0) is 12.3 Å². The lowest BCUT2D eigenvalue weighted by molar-refractivity contribution is -0.127. The maximum absolute atomic E-state index is 12.1. The first kappa shape index (κ1) is 14.3. The van der Waals surface area contributed by atoms with E-state index in [2.05, 4.69) is 4.74 Å². The van der Waals surface area contributed by atoms with Crippen molar-refractivity contribution in [1.29, 1.82) is 0 Å². The van der Waals surface area contributed by atoms with Gasteiger partial charge in [-0.3, -0.25) is 4.79 Å². The third-order valence-electron chi connectivity index (χ3n) is 3.21. The van der Waals surface area contributed by atoms with Crippen LogP contribution in [0.4, 0.5) is 4.79 Å². The second-order valence-corrected chi connectivity index (χ2v) is 7.30. The van der Waals surface area contributed by atoms with Crippen molar-refractivity contribution in [3.05, 3.63) is 0 Å². The fourth-order valence-electron chi connectivity index (χ4n) is 2.42. The van der Waals surface area contributed by atoms with Crippen LogP contribution in [-0.4, -0.2) is 61.1 Å². The molecular weight excluding hydrogens is 272 g/mol. The van der Waals surface area contributed by atoms with Crippen LogP contribution in [-0.2, 0) is 19.6 Å². The highest BCUT2D eigenvalue weighted by Gasteiger charge is 2.42. The monoisotopic (exact) mass is 290 g/mol. The largest absolute Gasteiger partial charge is 0.439 e. The van der Waals surface area contributed by atoms with Crippen molar-refractivity contribution in [3.8, 4) is 0 Å². The van der Waals surface area contributed by atoms with Crippen LogP contribution in [0.15, 0.2) is 0 Å². The summed E-state index contributed by atoms with van der Waals surface area (Å²) in [4.78, 5) is 24.0. The maximum Gasteiger partial charge on any atom is 0.417 e. The Balaban J connectivity index is 2.04. The van der Waals surface area contributed by atoms with Crippen LogP contribution in [0.1, 0.15) is 20.3 Å². The van der Waals surface area contributed by atoms with Crippen molar-refractivity contribution in [2.75, 3.05) is 25.4 Å². The van der Waals surface area contributed by atoms with Gasteiger partial charge in [0.25, 0.3) is 5.91 Å². The zero-order chi connectivity index (χ0) is 14.2. The maximum atomic E-state index is 12.1. The number of sulfonamides is 1. The molecule has 0 aromatic heterocycles. The number of cyclic esters (lactones) is 1. The SMILES string of the molecule is CC(C)CS(=O)(=O)N1CCC(N2C(=O)COC2=O)C1. The van der Waals surface area contributed by atoms with E-state index >= 15 is 0 Å². The summed E-state index contributed by atoms with van der Waals surface area (Å²) < 4.78 is 30.1. The van der Waals surface area contributed by atoms with Gasteiger partial charge in [0.15, 0.2) is 6.61 Å². The van der Waals surface area contributed by atoms with E-state index in [1.165, 1.54) is 4.31 Å². The lowest BCUT2D eigenvalue weighted by Crippen LogP contribution is -2.42. The molecule has 108 valence electrons. The smallest absolute Gasteiger partial charge is 0.417 e. The molecule has 1 atom stereocenters. The summed E-state index contributed by atoms with van der Waals surface area (Å²) in [5.74, 6) is -0.265. The quantitative estimate of drug-likeness (QED) is 0.729. The molecule has 0 spiro atoms. The number of carbonyl (C=O) groups excluding carboxylic acids is 2. The highest BCUT2D eigenvalue weighted by Crippen LogP contribution is 2.23. The van der Waals surface area contributed by atoms with Crippen LogP contribution in [0.5, 0.6) is 0 Å². The molecule has 2 rings (SSSR count). The Bertz CT molecular complexity index is 471. The van der Waals surface area contributed by atoms with Crippen molar-refractivity contribution in [2.24, 2.45) is 5.92 Å². The van der Waals surface area contributed by atoms with E-state index < -0.39 is 28.1 Å². The van der Waals surface area contributed by atoms with Gasteiger partial charge in [0.2, 0.25) is 10.0 Å². The number of ether oxygens (including phenoxy) is 1. The number of hydrogen-bond donors (Lipinski definition) is 0. The van der Waals surface area contributed by atoms with Crippen LogP contribution in [0, 0.1) is 5.92 Å². The molecule has 0 aromatic rings. The average molecular weight is 290 g/mol. The van der Waals surface area contributed by atoms with E-state index in [1.807, 2.05) is 13.8 Å². The summed E-state index contributed by atoms with van der Waals surface area (Å²) in [6.07, 6.45) is -0.198. The van der Waals surface area contributed by atoms with E-state index in [-0.39, 0.29) is 24.8 Å². The van der Waals surface area contributed by atoms with Crippen molar-refractivity contribution in [1.82, 2.24) is 9.21 Å². The minimum Gasteiger partial charge on any atom is -0.439 e. The predicted octanol–water partition coefficient (Wildman–Crippen LogP) is 0.0253. The van der Waals surface area contributed by atoms with Crippen LogP contribution >= 0.6 is 0 Å². The first-order chi connectivity index (χ1) is 8.81. The van der Waals surface area contributed by atoms with E-state index in [1.54, 1.807) is 0 Å². The number of hydrogen-bond acceptors (Lipinski definition) is 5. The highest BCUT2D eigenvalue weighted by molar-refractivity contribution is 7.89. The zero-order valence-corrected chi connectivity index (χ0v) is 11.9. The van der Waals surface area contributed by atoms with Gasteiger partial charge in [-0.25, -0.2) is 18.1 Å². The number of nitrogens with zero attached hydrogens (tertiary/aromatic N) is 2. The van der Waals surface area contributed by atoms with Gasteiger partial charge in [0, 0.05) is 13.1 Å². The fraction of sp³-hybridized carbons (Fsp3) is 0.818. The van der Waals surface area contributed by atoms with Crippen molar-refractivity contribution < 1.29 is 22.7 Å². The molecule has 0 saturated carbocycles. The molecular formula is C11H18N2O5S. The number of amides is 2. The predicted molar refractivity (Wildman–Crippen MR) is 66.8 cm³/mol. The number of imide groups is 1. The van der Waals surface area contributed by atoms with E-state index in [0.29, 0.717) is 13.0 Å². The molecule has 0 aromatic carbocycles. The van der Waals surface area contributed by atoms with Crippen LogP contribution in [0.2, 0.25) is 0 Å². The normalized spacial score (nSPS) is 25.4. The summed E-state index contributed by atoms with van der Waals surface area (Å²) in [5.41, 5.74) is 0. The van der Waals surface area contributed by atoms with E-state index in [9.17, 15) is 18.0 Å². The molecule has 2 amide bonds. The highest BCUT2D eigenvalue weighted by atomic mass is 32.2. The Morgan fingerprint density at radius 3 is 2.58 bits per heavy atom. The third-order valence-corrected chi connectivity index (χ3v) is 5.42. The Morgan fingerprint density at radius 2 is 2.05 bits per heavy atom. The van der Waals surface area contributed by atoms with Gasteiger partial charge in [0.1, 0.15) is 0 Å². The lowest BCUT2D eigenvalue weighted by Gasteiger charge is -2.21. The van der Waals surface area contributed by atoms with Gasteiger partial charge in [-0.2, -0.15) is 4.31 Å². The summed E-state index contributed by atoms with van der Waals surface area (Å²) in [7, 11) is -3.31. The van der Waals surface area contributed by atoms with Crippen molar-refractivity contribution in [2.45, 2.75) is 26.3 Å². The number of carbonyl (C=O) groups is 2. The Morgan fingerprint density at radius 1 is 1.37 bits per heavy atom. The van der Waals surface area contributed by atoms with E-state index in [0.717, 1.165) is 4.90 Å². The van der Waals surface area contributed by atoms with Gasteiger partial charge >= 0.3 is 6.09 Å². The molecule has 2 saturated heterocycles. The average Bonchev–Trinajstić information content (AvgIpc) is 2.84. The van der Waals surface area contributed by atoms with Crippen molar-refractivity contribution in [3.63, 3.8) is 0 Å². The van der Waals surface area contributed by atoms with Crippen LogP contribution in [0.25, 0.3) is 0 Å². The third kappa shape index (κ3) is 2.89. The second kappa shape index (κ2) is 5.09. The molecule has 8 heteroatoms. The molecule has 2 fully saturated rings. The van der Waals surface area contributed by atoms with Gasteiger partial charge in [-0.1, -0.05) is 13.8 Å². The second-order valence-electron chi connectivity index (χ2n) is 5.29. The minimum atomic E-state index is -3.31. The molecule has 0 aliphatic carbocycles. The molecule has 2 aliphatic heterocycles. The first-order valence-electron chi connectivity index (χ1n) is 6.28. The Hall–Kier alpha value is -1.15. The molecule has 0 bridgehead atoms. The zero-order valence-electron chi connectivity index (χ0n) is 11.0. The van der Waals surface area contributed by atoms with Crippen LogP contribution in [0.3, 0.4) is 0 Å². The summed E-state index contributed by atoms with van der Waals surface area (Å²) >= 11 is 0. The van der Waals surface area contributed by atoms with Crippen molar-refractivity contribution >= 4 is 22.0 Å². The van der Waals surface area contributed by atoms with Crippen LogP contribution < -0.4 is 0 Å². The first-order valence-corrected chi connectivity index (χ1v) is 7.89. The van der Waals surface area contributed by atoms with Gasteiger partial charge < -0.3 is 4.74 Å². The molecule has 19 heavy (non-hydrogen) atoms. The fourth-order valence-corrected chi connectivity index (χ4v) is 4.25. The Kier molecular flexibility index (Phi) is 3.82. The molecule has 0 N–H and O–H groups in total. The lowest BCUT2D eigenvalue weighted by atomic mass is 10.2. The standard InChI is InChI=1S/C11H18N2O5S/c1-8(2)7-19(16,17)12-4-3-9(5-12)13-10(14)6-18-11(13)15/h8-9H,3-7H2,1-2H3. The molecule has 1 unspecified atom stereocenters. The molecule has 2 heterocycles. The molecule has 7 nitrogen and oxygen atoms in total. The summed E-state index contributed by atoms with van der Waals surface area (Å²) in [6, 6.07) is -0.399. The topological polar surface area (TPSA) is 84.0 Å². The molecule has 2 aliphatic rings. The van der Waals surface area contributed by atoms with Gasteiger partial charge in [-0.15, -0.1) is 0 Å². The molecule has 0 radical (unpaired) electrons. The summed E-state index contributed by atoms with van der Waals surface area (Å²) in [6.45, 7) is 3.96.